The van der Waals surface area contributed by atoms with Crippen molar-refractivity contribution in [3.63, 3.8) is 0 Å². The molecule has 0 radical (unpaired) electrons. The topological polar surface area (TPSA) is 66.1 Å². The third-order valence-corrected chi connectivity index (χ3v) is 5.69. The van der Waals surface area contributed by atoms with Crippen LogP contribution >= 0.6 is 0 Å². The van der Waals surface area contributed by atoms with Gasteiger partial charge in [-0.2, -0.15) is 0 Å². The average molecular weight is 335 g/mol. The van der Waals surface area contributed by atoms with Crippen LogP contribution in [0.2, 0.25) is 0 Å². The summed E-state index contributed by atoms with van der Waals surface area (Å²) in [6.07, 6.45) is 5.87. The van der Waals surface area contributed by atoms with E-state index >= 15 is 0 Å². The van der Waals surface area contributed by atoms with Gasteiger partial charge in [0.15, 0.2) is 0 Å². The number of aromatic amines is 1. The van der Waals surface area contributed by atoms with Gasteiger partial charge in [0.1, 0.15) is 0 Å². The summed E-state index contributed by atoms with van der Waals surface area (Å²) < 4.78 is 6.24. The van der Waals surface area contributed by atoms with Crippen LogP contribution in [0.15, 0.2) is 0 Å². The number of ether oxygens (including phenoxy) is 1. The minimum absolute atomic E-state index is 0.136. The first-order valence-electron chi connectivity index (χ1n) is 9.30. The third kappa shape index (κ3) is 3.98. The van der Waals surface area contributed by atoms with Gasteiger partial charge >= 0.3 is 0 Å². The van der Waals surface area contributed by atoms with Gasteiger partial charge in [-0.3, -0.25) is 10.00 Å². The molecule has 24 heavy (non-hydrogen) atoms. The number of hydrogen-bond acceptors (Lipinski definition) is 5. The van der Waals surface area contributed by atoms with Crippen LogP contribution in [0, 0.1) is 5.41 Å². The summed E-state index contributed by atoms with van der Waals surface area (Å²) in [4.78, 5) is 2.30. The molecule has 0 aromatic carbocycles. The van der Waals surface area contributed by atoms with Crippen molar-refractivity contribution in [1.29, 1.82) is 0 Å². The minimum atomic E-state index is 0.136. The number of hydrogen-bond donors (Lipinski definition) is 2. The Balaban J connectivity index is 1.58. The Labute approximate surface area is 145 Å². The molecular formula is C18H33N5O. The summed E-state index contributed by atoms with van der Waals surface area (Å²) in [6, 6.07) is 0. The molecule has 1 aliphatic heterocycles. The Morgan fingerprint density at radius 3 is 2.71 bits per heavy atom. The lowest BCUT2D eigenvalue weighted by molar-refractivity contribution is -0.0296. The summed E-state index contributed by atoms with van der Waals surface area (Å²) in [6.45, 7) is 8.42. The van der Waals surface area contributed by atoms with Crippen LogP contribution in [-0.2, 0) is 11.3 Å². The monoisotopic (exact) mass is 335 g/mol. The highest BCUT2D eigenvalue weighted by Crippen LogP contribution is 2.49. The summed E-state index contributed by atoms with van der Waals surface area (Å²) in [5, 5.41) is 14.8. The number of nitrogens with zero attached hydrogens (tertiary/aromatic N) is 3. The standard InChI is InChI=1S/C18H33N5O/c1-17(2)12-18(24-13-17)7-5-14(6-8-18)16-15(20-22-21-16)11-23(4)10-9-19-3/h14,19H,5-13H2,1-4H3,(H,20,21,22)/t14-,18-. The predicted molar refractivity (Wildman–Crippen MR) is 94.9 cm³/mol. The van der Waals surface area contributed by atoms with Crippen molar-refractivity contribution >= 4 is 0 Å². The second-order valence-corrected chi connectivity index (χ2v) is 8.60. The molecule has 0 amide bonds. The Morgan fingerprint density at radius 1 is 1.33 bits per heavy atom. The van der Waals surface area contributed by atoms with Gasteiger partial charge in [0.2, 0.25) is 0 Å². The first-order chi connectivity index (χ1) is 11.4. The van der Waals surface area contributed by atoms with E-state index in [-0.39, 0.29) is 5.60 Å². The zero-order valence-electron chi connectivity index (χ0n) is 15.7. The Morgan fingerprint density at radius 2 is 2.08 bits per heavy atom. The molecule has 2 N–H and O–H groups in total. The zero-order valence-corrected chi connectivity index (χ0v) is 15.7. The molecule has 2 aliphatic rings. The number of H-pyrrole nitrogens is 1. The normalized spacial score (nSPS) is 29.6. The van der Waals surface area contributed by atoms with Crippen LogP contribution in [0.1, 0.15) is 63.3 Å². The fourth-order valence-corrected chi connectivity index (χ4v) is 4.42. The van der Waals surface area contributed by atoms with Crippen LogP contribution in [0.3, 0.4) is 0 Å². The maximum atomic E-state index is 6.24. The summed E-state index contributed by atoms with van der Waals surface area (Å²) in [7, 11) is 4.12. The molecule has 136 valence electrons. The van der Waals surface area contributed by atoms with Gasteiger partial charge in [-0.15, -0.1) is 5.10 Å². The molecule has 1 aliphatic carbocycles. The van der Waals surface area contributed by atoms with E-state index in [9.17, 15) is 0 Å². The molecule has 1 aromatic heterocycles. The molecular weight excluding hydrogens is 302 g/mol. The summed E-state index contributed by atoms with van der Waals surface area (Å²) >= 11 is 0. The number of nitrogens with one attached hydrogen (secondary N) is 2. The van der Waals surface area contributed by atoms with Crippen LogP contribution in [0.4, 0.5) is 0 Å². The highest BCUT2D eigenvalue weighted by atomic mass is 16.5. The second-order valence-electron chi connectivity index (χ2n) is 8.60. The molecule has 3 rings (SSSR count). The Kier molecular flexibility index (Phi) is 5.27. The molecule has 1 saturated carbocycles. The molecule has 1 saturated heterocycles. The van der Waals surface area contributed by atoms with Gasteiger partial charge < -0.3 is 10.1 Å². The fourth-order valence-electron chi connectivity index (χ4n) is 4.42. The zero-order chi connectivity index (χ0) is 17.2. The highest BCUT2D eigenvalue weighted by Gasteiger charge is 2.46. The van der Waals surface area contributed by atoms with Crippen LogP contribution < -0.4 is 5.32 Å². The van der Waals surface area contributed by atoms with Gasteiger partial charge in [-0.1, -0.05) is 19.1 Å². The van der Waals surface area contributed by atoms with Gasteiger partial charge in [0.05, 0.1) is 23.6 Å². The summed E-state index contributed by atoms with van der Waals surface area (Å²) in [5.74, 6) is 0.547. The van der Waals surface area contributed by atoms with Crippen molar-refractivity contribution in [2.24, 2.45) is 5.41 Å². The molecule has 0 atom stereocenters. The largest absolute Gasteiger partial charge is 0.374 e. The number of likely N-dealkylation sites (N-methyl/N-ethyl adjacent to an activating group) is 2. The van der Waals surface area contributed by atoms with E-state index < -0.39 is 0 Å². The molecule has 0 unspecified atom stereocenters. The third-order valence-electron chi connectivity index (χ3n) is 5.69. The molecule has 2 heterocycles. The lowest BCUT2D eigenvalue weighted by Crippen LogP contribution is -2.34. The van der Waals surface area contributed by atoms with Crippen molar-refractivity contribution in [1.82, 2.24) is 25.6 Å². The van der Waals surface area contributed by atoms with E-state index in [0.717, 1.165) is 44.8 Å². The van der Waals surface area contributed by atoms with Crippen molar-refractivity contribution < 1.29 is 4.74 Å². The fraction of sp³-hybridized carbons (Fsp3) is 0.889. The minimum Gasteiger partial charge on any atom is -0.374 e. The lowest BCUT2D eigenvalue weighted by Gasteiger charge is -2.37. The van der Waals surface area contributed by atoms with Gasteiger partial charge in [-0.25, -0.2) is 0 Å². The number of rotatable bonds is 6. The van der Waals surface area contributed by atoms with E-state index in [2.05, 4.69) is 46.5 Å². The highest BCUT2D eigenvalue weighted by molar-refractivity contribution is 5.16. The van der Waals surface area contributed by atoms with E-state index in [4.69, 9.17) is 4.74 Å². The molecule has 0 bridgehead atoms. The van der Waals surface area contributed by atoms with Gasteiger partial charge in [0, 0.05) is 25.6 Å². The average Bonchev–Trinajstić information content (AvgIpc) is 3.11. The van der Waals surface area contributed by atoms with Crippen molar-refractivity contribution in [2.75, 3.05) is 33.8 Å². The van der Waals surface area contributed by atoms with E-state index in [1.54, 1.807) is 0 Å². The lowest BCUT2D eigenvalue weighted by atomic mass is 9.72. The van der Waals surface area contributed by atoms with Crippen molar-refractivity contribution in [2.45, 2.75) is 64.0 Å². The van der Waals surface area contributed by atoms with E-state index in [1.807, 2.05) is 7.05 Å². The van der Waals surface area contributed by atoms with Gasteiger partial charge in [-0.05, 0) is 51.6 Å². The first kappa shape index (κ1) is 17.8. The predicted octanol–water partition coefficient (Wildman–Crippen LogP) is 2.30. The molecule has 6 nitrogen and oxygen atoms in total. The first-order valence-corrected chi connectivity index (χ1v) is 9.30. The Hall–Kier alpha value is -0.980. The molecule has 1 aromatic rings. The van der Waals surface area contributed by atoms with Crippen LogP contribution in [0.25, 0.3) is 0 Å². The molecule has 2 fully saturated rings. The molecule has 1 spiro atoms. The van der Waals surface area contributed by atoms with E-state index in [1.165, 1.54) is 25.0 Å². The maximum absolute atomic E-state index is 6.24. The quantitative estimate of drug-likeness (QED) is 0.835. The smallest absolute Gasteiger partial charge is 0.0999 e. The van der Waals surface area contributed by atoms with E-state index in [0.29, 0.717) is 11.3 Å². The van der Waals surface area contributed by atoms with Crippen LogP contribution in [0.5, 0.6) is 0 Å². The Bertz CT molecular complexity index is 533. The van der Waals surface area contributed by atoms with Crippen molar-refractivity contribution in [3.05, 3.63) is 11.4 Å². The number of aromatic nitrogens is 3. The van der Waals surface area contributed by atoms with Crippen molar-refractivity contribution in [3.8, 4) is 0 Å². The molecule has 6 heteroatoms. The SMILES string of the molecule is CNCCN(C)Cc1nn[nH]c1[C@H]1CC[C@]2(CC1)CC(C)(C)CO2. The maximum Gasteiger partial charge on any atom is 0.0999 e. The van der Waals surface area contributed by atoms with Crippen LogP contribution in [-0.4, -0.2) is 59.7 Å². The van der Waals surface area contributed by atoms with Gasteiger partial charge in [0.25, 0.3) is 0 Å². The summed E-state index contributed by atoms with van der Waals surface area (Å²) in [5.41, 5.74) is 2.83. The second kappa shape index (κ2) is 7.10.